The van der Waals surface area contributed by atoms with Crippen LogP contribution in [0.3, 0.4) is 0 Å². The van der Waals surface area contributed by atoms with Crippen molar-refractivity contribution in [1.82, 2.24) is 15.0 Å². The van der Waals surface area contributed by atoms with E-state index < -0.39 is 11.7 Å². The summed E-state index contributed by atoms with van der Waals surface area (Å²) in [5.41, 5.74) is 0.227. The molecule has 1 aromatic heterocycles. The highest BCUT2D eigenvalue weighted by Gasteiger charge is 2.36. The van der Waals surface area contributed by atoms with Crippen LogP contribution in [0, 0.1) is 11.3 Å². The molecular weight excluding hydrogens is 385 g/mol. The fraction of sp³-hybridized carbons (Fsp3) is 0.200. The number of carbonyl (C=O) groups excluding carboxylic acids is 1. The van der Waals surface area contributed by atoms with Crippen LogP contribution in [0.2, 0.25) is 0 Å². The summed E-state index contributed by atoms with van der Waals surface area (Å²) in [4.78, 5) is 18.2. The van der Waals surface area contributed by atoms with Crippen molar-refractivity contribution < 1.29 is 22.5 Å². The van der Waals surface area contributed by atoms with Crippen molar-refractivity contribution in [3.63, 3.8) is 0 Å². The van der Waals surface area contributed by atoms with Gasteiger partial charge in [0.05, 0.1) is 23.1 Å². The molecule has 1 aliphatic heterocycles. The molecule has 1 saturated heterocycles. The summed E-state index contributed by atoms with van der Waals surface area (Å²) in [6.07, 6.45) is -4.46. The molecule has 9 heteroatoms. The molecule has 2 heterocycles. The molecule has 0 spiro atoms. The zero-order valence-electron chi connectivity index (χ0n) is 14.8. The van der Waals surface area contributed by atoms with Gasteiger partial charge >= 0.3 is 6.18 Å². The van der Waals surface area contributed by atoms with Gasteiger partial charge in [0.1, 0.15) is 0 Å². The summed E-state index contributed by atoms with van der Waals surface area (Å²) in [6.45, 7) is 0.694. The van der Waals surface area contributed by atoms with Crippen LogP contribution in [-0.4, -0.2) is 34.0 Å². The molecular formula is C20H13F3N4O2. The Balaban J connectivity index is 1.44. The van der Waals surface area contributed by atoms with Gasteiger partial charge in [0.25, 0.3) is 5.91 Å². The van der Waals surface area contributed by atoms with E-state index in [9.17, 15) is 18.0 Å². The minimum Gasteiger partial charge on any atom is -0.339 e. The average Bonchev–Trinajstić information content (AvgIpc) is 3.16. The summed E-state index contributed by atoms with van der Waals surface area (Å²) in [6, 6.07) is 13.1. The molecule has 2 aromatic carbocycles. The van der Waals surface area contributed by atoms with Gasteiger partial charge in [0, 0.05) is 24.2 Å². The number of nitrogens with zero attached hydrogens (tertiary/aromatic N) is 4. The second-order valence-electron chi connectivity index (χ2n) is 6.63. The van der Waals surface area contributed by atoms with Gasteiger partial charge in [-0.15, -0.1) is 0 Å². The van der Waals surface area contributed by atoms with Crippen molar-refractivity contribution >= 4 is 5.91 Å². The van der Waals surface area contributed by atoms with Crippen LogP contribution in [-0.2, 0) is 6.18 Å². The second-order valence-corrected chi connectivity index (χ2v) is 6.63. The SMILES string of the molecule is N#Cc1cccc(C(=O)N2CC(c3nc(-c4cccc(C(F)(F)F)c4)no3)C2)c1. The fourth-order valence-electron chi connectivity index (χ4n) is 3.06. The van der Waals surface area contributed by atoms with Gasteiger partial charge in [-0.1, -0.05) is 23.4 Å². The van der Waals surface area contributed by atoms with Crippen LogP contribution in [0.4, 0.5) is 13.2 Å². The lowest BCUT2D eigenvalue weighted by atomic mass is 9.98. The van der Waals surface area contributed by atoms with E-state index in [1.165, 1.54) is 18.2 Å². The van der Waals surface area contributed by atoms with Crippen LogP contribution in [0.1, 0.15) is 33.3 Å². The first-order valence-corrected chi connectivity index (χ1v) is 8.66. The smallest absolute Gasteiger partial charge is 0.339 e. The number of halogens is 3. The van der Waals surface area contributed by atoms with Gasteiger partial charge in [0.15, 0.2) is 0 Å². The number of carbonyl (C=O) groups is 1. The molecule has 3 aromatic rings. The molecule has 1 fully saturated rings. The summed E-state index contributed by atoms with van der Waals surface area (Å²) in [7, 11) is 0. The van der Waals surface area contributed by atoms with Gasteiger partial charge in [-0.2, -0.15) is 23.4 Å². The summed E-state index contributed by atoms with van der Waals surface area (Å²) in [5.74, 6) is -0.0639. The van der Waals surface area contributed by atoms with E-state index in [4.69, 9.17) is 9.78 Å². The topological polar surface area (TPSA) is 83.0 Å². The summed E-state index contributed by atoms with van der Waals surface area (Å²) < 4.78 is 43.8. The third kappa shape index (κ3) is 3.69. The van der Waals surface area contributed by atoms with Crippen molar-refractivity contribution in [1.29, 1.82) is 5.26 Å². The molecule has 0 aliphatic carbocycles. The molecule has 0 saturated carbocycles. The molecule has 0 atom stereocenters. The standard InChI is InChI=1S/C20H13F3N4O2/c21-20(22,23)16-6-2-4-13(8-16)17-25-18(29-26-17)15-10-27(11-15)19(28)14-5-1-3-12(7-14)9-24/h1-8,15H,10-11H2. The van der Waals surface area contributed by atoms with Crippen molar-refractivity contribution in [3.8, 4) is 17.5 Å². The maximum absolute atomic E-state index is 12.9. The molecule has 1 aliphatic rings. The van der Waals surface area contributed by atoms with E-state index in [0.29, 0.717) is 24.2 Å². The Morgan fingerprint density at radius 1 is 1.17 bits per heavy atom. The first kappa shape index (κ1) is 18.7. The zero-order chi connectivity index (χ0) is 20.6. The molecule has 0 radical (unpaired) electrons. The minimum atomic E-state index is -4.46. The van der Waals surface area contributed by atoms with E-state index in [1.807, 2.05) is 6.07 Å². The monoisotopic (exact) mass is 398 g/mol. The summed E-state index contributed by atoms with van der Waals surface area (Å²) in [5, 5.41) is 12.7. The molecule has 0 bridgehead atoms. The Morgan fingerprint density at radius 3 is 2.66 bits per heavy atom. The van der Waals surface area contributed by atoms with Crippen molar-refractivity contribution in [2.45, 2.75) is 12.1 Å². The van der Waals surface area contributed by atoms with E-state index in [2.05, 4.69) is 10.1 Å². The number of aromatic nitrogens is 2. The third-order valence-corrected chi connectivity index (χ3v) is 4.65. The number of nitriles is 1. The second kappa shape index (κ2) is 7.05. The lowest BCUT2D eigenvalue weighted by Crippen LogP contribution is -2.48. The summed E-state index contributed by atoms with van der Waals surface area (Å²) >= 11 is 0. The van der Waals surface area contributed by atoms with E-state index in [0.717, 1.165) is 12.1 Å². The average molecular weight is 398 g/mol. The van der Waals surface area contributed by atoms with Gasteiger partial charge in [-0.25, -0.2) is 0 Å². The number of alkyl halides is 3. The van der Waals surface area contributed by atoms with Crippen LogP contribution in [0.5, 0.6) is 0 Å². The van der Waals surface area contributed by atoms with Crippen LogP contribution in [0.25, 0.3) is 11.4 Å². The largest absolute Gasteiger partial charge is 0.416 e. The number of amides is 1. The molecule has 0 N–H and O–H groups in total. The Bertz CT molecular complexity index is 1110. The quantitative estimate of drug-likeness (QED) is 0.669. The number of rotatable bonds is 3. The highest BCUT2D eigenvalue weighted by Crippen LogP contribution is 2.33. The Morgan fingerprint density at radius 2 is 1.93 bits per heavy atom. The highest BCUT2D eigenvalue weighted by molar-refractivity contribution is 5.95. The number of benzene rings is 2. The van der Waals surface area contributed by atoms with Crippen LogP contribution >= 0.6 is 0 Å². The van der Waals surface area contributed by atoms with Gasteiger partial charge in [-0.3, -0.25) is 4.79 Å². The van der Waals surface area contributed by atoms with Gasteiger partial charge < -0.3 is 9.42 Å². The number of likely N-dealkylation sites (tertiary alicyclic amines) is 1. The molecule has 146 valence electrons. The Kier molecular flexibility index (Phi) is 4.54. The molecule has 29 heavy (non-hydrogen) atoms. The lowest BCUT2D eigenvalue weighted by molar-refractivity contribution is -0.137. The number of hydrogen-bond donors (Lipinski definition) is 0. The Labute approximate surface area is 163 Å². The van der Waals surface area contributed by atoms with E-state index in [-0.39, 0.29) is 29.1 Å². The zero-order valence-corrected chi connectivity index (χ0v) is 14.8. The molecule has 0 unspecified atom stereocenters. The fourth-order valence-corrected chi connectivity index (χ4v) is 3.06. The minimum absolute atomic E-state index is 0.0672. The predicted molar refractivity (Wildman–Crippen MR) is 94.5 cm³/mol. The van der Waals surface area contributed by atoms with Crippen LogP contribution in [0.15, 0.2) is 53.1 Å². The van der Waals surface area contributed by atoms with Gasteiger partial charge in [0.2, 0.25) is 11.7 Å². The molecule has 1 amide bonds. The van der Waals surface area contributed by atoms with E-state index in [1.54, 1.807) is 23.1 Å². The predicted octanol–water partition coefficient (Wildman–Crippen LogP) is 3.87. The van der Waals surface area contributed by atoms with Crippen molar-refractivity contribution in [2.24, 2.45) is 0 Å². The molecule has 4 rings (SSSR count). The normalized spacial score (nSPS) is 14.3. The van der Waals surface area contributed by atoms with Gasteiger partial charge in [-0.05, 0) is 30.3 Å². The maximum Gasteiger partial charge on any atom is 0.416 e. The van der Waals surface area contributed by atoms with Crippen molar-refractivity contribution in [3.05, 3.63) is 71.1 Å². The van der Waals surface area contributed by atoms with E-state index >= 15 is 0 Å². The first-order chi connectivity index (χ1) is 13.8. The third-order valence-electron chi connectivity index (χ3n) is 4.65. The first-order valence-electron chi connectivity index (χ1n) is 8.66. The molecule has 6 nitrogen and oxygen atoms in total. The lowest BCUT2D eigenvalue weighted by Gasteiger charge is -2.37. The van der Waals surface area contributed by atoms with Crippen LogP contribution < -0.4 is 0 Å². The maximum atomic E-state index is 12.9. The highest BCUT2D eigenvalue weighted by atomic mass is 19.4. The Hall–Kier alpha value is -3.67. The number of hydrogen-bond acceptors (Lipinski definition) is 5. The van der Waals surface area contributed by atoms with Crippen molar-refractivity contribution in [2.75, 3.05) is 13.1 Å².